The van der Waals surface area contributed by atoms with Gasteiger partial charge in [-0.25, -0.2) is 0 Å². The summed E-state index contributed by atoms with van der Waals surface area (Å²) in [4.78, 5) is 33.2. The highest BCUT2D eigenvalue weighted by atomic mass is 16.5. The Kier molecular flexibility index (Phi) is 19.9. The minimum Gasteiger partial charge on any atom is -0.508 e. The standard InChI is InChI=1S/C72H86N4O9/c1-5-9-60-53-30-47(28-46-26-27-74-69(32-46)76-55-23-20-49-18-19-52(70(82)64(49)37-55)34-58(78)42-73-40-44(3)54-33-56(75-41-54)38-66(60)80)29-50-21-24-61(59-13-7-6-11-48(59)17-15-43(2)14-16-45-10-8-12-57(77)31-45)62-39-67(81)68(85-4)36-51(62)22-25-65(79)72(84)71(83)63(50)35-53/h6-8,10-13,18-20,23,26,31-33,36-37,39,41,43-44,47,50,53,58,60-61,63,66,72-78,80-82,84H,5,9,14-17,22,25,27-30,34-35,38,40,42H2,1-4H3/t43-,44-,47+,50-,53+,58+,60-,61+,63+,66+,72+/m1/s1. The average molecular weight is 1150 g/mol. The second kappa shape index (κ2) is 27.8. The molecule has 5 aromatic carbocycles. The van der Waals surface area contributed by atoms with Crippen LogP contribution in [0.3, 0.4) is 0 Å². The Morgan fingerprint density at radius 1 is 0.800 bits per heavy atom. The number of fused-ring (bicyclic) bond motifs is 9. The number of ether oxygens (including phenoxy) is 1. The fourth-order valence-electron chi connectivity index (χ4n) is 14.0. The van der Waals surface area contributed by atoms with Gasteiger partial charge in [-0.3, -0.25) is 9.59 Å². The fourth-order valence-corrected chi connectivity index (χ4v) is 14.0. The monoisotopic (exact) mass is 1150 g/mol. The number of β-amino-alcohol motifs (C(OH)–C–C–N with tert-alkyl or cyclic N) is 1. The van der Waals surface area contributed by atoms with E-state index in [0.717, 1.165) is 93.6 Å². The average Bonchev–Trinajstić information content (AvgIpc) is 3.46. The quantitative estimate of drug-likeness (QED) is 0.0458. The van der Waals surface area contributed by atoms with Crippen molar-refractivity contribution in [2.45, 2.75) is 141 Å². The van der Waals surface area contributed by atoms with Crippen LogP contribution in [0.1, 0.15) is 135 Å². The summed E-state index contributed by atoms with van der Waals surface area (Å²) in [6.45, 7) is 8.01. The Balaban J connectivity index is 1.05. The minimum absolute atomic E-state index is 0.0322. The number of dihydropyridines is 1. The molecule has 2 aliphatic heterocycles. The van der Waals surface area contributed by atoms with Gasteiger partial charge in [0.15, 0.2) is 29.2 Å². The number of hydrogen-bond donors (Lipinski definition) is 10. The van der Waals surface area contributed by atoms with Crippen molar-refractivity contribution in [1.82, 2.24) is 15.6 Å². The molecule has 11 atom stereocenters. The molecule has 2 aliphatic carbocycles. The van der Waals surface area contributed by atoms with E-state index >= 15 is 4.79 Å². The van der Waals surface area contributed by atoms with Crippen LogP contribution in [0.25, 0.3) is 10.8 Å². The zero-order chi connectivity index (χ0) is 59.7. The summed E-state index contributed by atoms with van der Waals surface area (Å²) in [6.07, 6.45) is 10.7. The third-order valence-electron chi connectivity index (χ3n) is 18.8. The topological polar surface area (TPSA) is 217 Å². The number of aliphatic hydroxyl groups excluding tert-OH is 3. The van der Waals surface area contributed by atoms with Gasteiger partial charge >= 0.3 is 0 Å². The normalized spacial score (nSPS) is 25.5. The highest BCUT2D eigenvalue weighted by molar-refractivity contribution is 6.06. The number of anilines is 1. The number of aromatic hydroxyl groups is 3. The molecule has 1 saturated carbocycles. The maximum Gasteiger partial charge on any atom is 0.173 e. The molecule has 9 bridgehead atoms. The van der Waals surface area contributed by atoms with Gasteiger partial charge in [-0.1, -0.05) is 99.7 Å². The molecular formula is C72H86N4O9. The number of phenols is 3. The van der Waals surface area contributed by atoms with Gasteiger partial charge in [-0.2, -0.15) is 0 Å². The van der Waals surface area contributed by atoms with Crippen molar-refractivity contribution in [3.8, 4) is 34.8 Å². The maximum absolute atomic E-state index is 15.3. The number of benzene rings is 5. The van der Waals surface area contributed by atoms with Crippen molar-refractivity contribution in [3.05, 3.63) is 171 Å². The van der Waals surface area contributed by atoms with Crippen LogP contribution in [0.5, 0.6) is 23.0 Å². The molecule has 6 aromatic rings. The molecule has 0 radical (unpaired) electrons. The maximum atomic E-state index is 15.3. The molecule has 1 aromatic heterocycles. The number of phenolic OH excluding ortho intramolecular Hbond substituents is 3. The highest BCUT2D eigenvalue weighted by Crippen LogP contribution is 2.46. The van der Waals surface area contributed by atoms with E-state index in [2.05, 4.69) is 83.9 Å². The second-order valence-electron chi connectivity index (χ2n) is 25.0. The number of Topliss-reactive ketones (excluding diaryl/α,β-unsaturated/α-hetero) is 2. The Labute approximate surface area is 501 Å². The van der Waals surface area contributed by atoms with Crippen LogP contribution in [0.15, 0.2) is 127 Å². The van der Waals surface area contributed by atoms with Crippen LogP contribution in [0, 0.1) is 47.3 Å². The molecule has 13 nitrogen and oxygen atoms in total. The van der Waals surface area contributed by atoms with Gasteiger partial charge in [0.05, 0.1) is 25.2 Å². The van der Waals surface area contributed by atoms with Crippen molar-refractivity contribution >= 4 is 28.0 Å². The van der Waals surface area contributed by atoms with Crippen LogP contribution in [-0.2, 0) is 41.7 Å². The first kappa shape index (κ1) is 60.8. The fraction of sp³-hybridized carbons (Fsp3) is 0.444. The number of nitrogens with one attached hydrogen (secondary N) is 4. The Hall–Kier alpha value is -7.34. The van der Waals surface area contributed by atoms with Gasteiger partial charge < -0.3 is 56.3 Å². The number of aromatic amines is 1. The summed E-state index contributed by atoms with van der Waals surface area (Å²) in [5.41, 5.74) is 9.16. The third kappa shape index (κ3) is 14.8. The number of aliphatic hydroxyl groups is 3. The molecule has 448 valence electrons. The number of methoxy groups -OCH3 is 1. The van der Waals surface area contributed by atoms with Crippen LogP contribution in [0.2, 0.25) is 0 Å². The van der Waals surface area contributed by atoms with E-state index in [1.807, 2.05) is 66.9 Å². The number of carbonyl (C=O) groups is 2. The molecule has 0 amide bonds. The molecule has 0 unspecified atom stereocenters. The number of allylic oxidation sites excluding steroid dienone is 2. The van der Waals surface area contributed by atoms with Gasteiger partial charge in [0.2, 0.25) is 0 Å². The highest BCUT2D eigenvalue weighted by Gasteiger charge is 2.44. The first-order valence-electron chi connectivity index (χ1n) is 31.0. The molecule has 13 heteroatoms. The van der Waals surface area contributed by atoms with Crippen molar-refractivity contribution < 1.29 is 45.0 Å². The van der Waals surface area contributed by atoms with E-state index < -0.39 is 47.6 Å². The molecule has 0 saturated heterocycles. The van der Waals surface area contributed by atoms with Gasteiger partial charge in [0.1, 0.15) is 17.3 Å². The molecule has 10 N–H and O–H groups in total. The van der Waals surface area contributed by atoms with Crippen LogP contribution >= 0.6 is 0 Å². The van der Waals surface area contributed by atoms with Gasteiger partial charge in [-0.05, 0) is 192 Å². The number of H-pyrrole nitrogens is 1. The smallest absolute Gasteiger partial charge is 0.173 e. The Bertz CT molecular complexity index is 3460. The summed E-state index contributed by atoms with van der Waals surface area (Å²) in [7, 11) is 1.49. The van der Waals surface area contributed by atoms with Crippen LogP contribution in [-0.4, -0.2) is 92.2 Å². The van der Waals surface area contributed by atoms with Crippen molar-refractivity contribution in [1.29, 1.82) is 0 Å². The van der Waals surface area contributed by atoms with Gasteiger partial charge in [0.25, 0.3) is 0 Å². The predicted octanol–water partition coefficient (Wildman–Crippen LogP) is 11.2. The van der Waals surface area contributed by atoms with E-state index in [4.69, 9.17) is 4.74 Å². The lowest BCUT2D eigenvalue weighted by Gasteiger charge is -2.33. The number of carbonyl (C=O) groups excluding carboxylic acids is 2. The van der Waals surface area contributed by atoms with E-state index in [1.165, 1.54) is 7.11 Å². The minimum atomic E-state index is -1.87. The van der Waals surface area contributed by atoms with Gasteiger partial charge in [-0.15, -0.1) is 0 Å². The molecule has 10 rings (SSSR count). The number of hydrogen-bond acceptors (Lipinski definition) is 12. The van der Waals surface area contributed by atoms with E-state index in [1.54, 1.807) is 18.2 Å². The van der Waals surface area contributed by atoms with Crippen molar-refractivity contribution in [2.75, 3.05) is 32.1 Å². The molecule has 4 aliphatic rings. The summed E-state index contributed by atoms with van der Waals surface area (Å²) < 4.78 is 5.64. The Morgan fingerprint density at radius 3 is 2.45 bits per heavy atom. The number of aromatic nitrogens is 1. The van der Waals surface area contributed by atoms with Crippen molar-refractivity contribution in [3.63, 3.8) is 0 Å². The molecule has 0 spiro atoms. The van der Waals surface area contributed by atoms with Gasteiger partial charge in [0, 0.05) is 73.7 Å². The van der Waals surface area contributed by atoms with Crippen LogP contribution < -0.4 is 20.7 Å². The summed E-state index contributed by atoms with van der Waals surface area (Å²) in [6, 6.07) is 31.1. The molecule has 3 heterocycles. The predicted molar refractivity (Wildman–Crippen MR) is 335 cm³/mol. The summed E-state index contributed by atoms with van der Waals surface area (Å²) in [5.74, 6) is 5.86. The zero-order valence-electron chi connectivity index (χ0n) is 49.7. The number of aryl methyl sites for hydroxylation is 3. The summed E-state index contributed by atoms with van der Waals surface area (Å²) >= 11 is 0. The Morgan fingerprint density at radius 2 is 1.62 bits per heavy atom. The molecular weight excluding hydrogens is 1060 g/mol. The zero-order valence-corrected chi connectivity index (χ0v) is 49.7. The van der Waals surface area contributed by atoms with Crippen LogP contribution in [0.4, 0.5) is 5.69 Å². The lowest BCUT2D eigenvalue weighted by Crippen LogP contribution is -2.40. The lowest BCUT2D eigenvalue weighted by molar-refractivity contribution is -0.142. The molecule has 85 heavy (non-hydrogen) atoms. The second-order valence-corrected chi connectivity index (χ2v) is 25.0. The number of ketones is 2. The SMILES string of the molecule is CCC[C@@H]1[C@H]2C[C@@H](CC3=CCNC(=C3)Nc3ccc4ccc(c(O)c4c3)C[C@H](O)CNC[C@@H](C)c3c[nH]c(c3)C[C@@H]1O)C[C@H]1C#C[C@@H](c3ccccc3CC[C@H](C)CCc3cccc(O)c3)c3cc(O)c(OC)cc3CCC(=O)[C@H](O)C(=O)[C@H]1C2. The van der Waals surface area contributed by atoms with Crippen molar-refractivity contribution in [2.24, 2.45) is 35.5 Å². The third-order valence-corrected chi connectivity index (χ3v) is 18.8. The van der Waals surface area contributed by atoms with E-state index in [9.17, 15) is 35.4 Å². The lowest BCUT2D eigenvalue weighted by atomic mass is 9.73. The summed E-state index contributed by atoms with van der Waals surface area (Å²) in [5, 5.41) is 81.2. The first-order valence-corrected chi connectivity index (χ1v) is 31.0. The largest absolute Gasteiger partial charge is 0.508 e. The van der Waals surface area contributed by atoms with E-state index in [-0.39, 0.29) is 65.9 Å². The number of rotatable bonds is 10. The van der Waals surface area contributed by atoms with E-state index in [0.29, 0.717) is 75.0 Å². The molecule has 1 fully saturated rings. The first-order chi connectivity index (χ1) is 41.1.